The number of carbonyl (C=O) groups excluding carboxylic acids is 2. The molecule has 2 aromatic rings. The molecule has 0 aromatic heterocycles. The zero-order chi connectivity index (χ0) is 23.0. The van der Waals surface area contributed by atoms with Crippen molar-refractivity contribution in [3.05, 3.63) is 71.5 Å². The van der Waals surface area contributed by atoms with Crippen LogP contribution in [0.4, 0.5) is 4.39 Å². The van der Waals surface area contributed by atoms with Crippen LogP contribution >= 0.6 is 0 Å². The minimum absolute atomic E-state index is 0.0332. The van der Waals surface area contributed by atoms with Gasteiger partial charge in [-0.25, -0.2) is 4.39 Å². The molecule has 33 heavy (non-hydrogen) atoms. The quantitative estimate of drug-likeness (QED) is 0.543. The van der Waals surface area contributed by atoms with Crippen molar-refractivity contribution in [3.8, 4) is 0 Å². The summed E-state index contributed by atoms with van der Waals surface area (Å²) < 4.78 is 18.5. The third-order valence-electron chi connectivity index (χ3n) is 6.38. The normalized spacial score (nSPS) is 20.8. The van der Waals surface area contributed by atoms with E-state index in [-0.39, 0.29) is 17.6 Å². The molecule has 2 aliphatic rings. The number of rotatable bonds is 10. The van der Waals surface area contributed by atoms with Gasteiger partial charge in [-0.05, 0) is 62.1 Å². The van der Waals surface area contributed by atoms with E-state index in [1.165, 1.54) is 17.7 Å². The number of nitrogens with zero attached hydrogens (tertiary/aromatic N) is 1. The van der Waals surface area contributed by atoms with Crippen LogP contribution in [-0.4, -0.2) is 61.6 Å². The molecule has 1 saturated carbocycles. The van der Waals surface area contributed by atoms with Crippen LogP contribution in [0.3, 0.4) is 0 Å². The third kappa shape index (κ3) is 6.62. The van der Waals surface area contributed by atoms with Crippen molar-refractivity contribution in [2.24, 2.45) is 0 Å². The van der Waals surface area contributed by atoms with Crippen LogP contribution in [0.1, 0.15) is 47.5 Å². The average Bonchev–Trinajstić information content (AvgIpc) is 3.63. The molecule has 4 rings (SSSR count). The number of benzene rings is 2. The zero-order valence-electron chi connectivity index (χ0n) is 18.8. The highest BCUT2D eigenvalue weighted by Crippen LogP contribution is 2.40. The number of halogens is 1. The molecule has 0 spiro atoms. The highest BCUT2D eigenvalue weighted by Gasteiger charge is 2.37. The Hall–Kier alpha value is -2.77. The summed E-state index contributed by atoms with van der Waals surface area (Å²) in [6.07, 6.45) is 3.41. The fourth-order valence-electron chi connectivity index (χ4n) is 4.35. The van der Waals surface area contributed by atoms with Crippen LogP contribution < -0.4 is 10.6 Å². The van der Waals surface area contributed by atoms with Gasteiger partial charge in [-0.3, -0.25) is 9.59 Å². The highest BCUT2D eigenvalue weighted by atomic mass is 19.1. The number of hydrogen-bond donors (Lipinski definition) is 2. The van der Waals surface area contributed by atoms with Gasteiger partial charge >= 0.3 is 0 Å². The molecule has 1 aliphatic carbocycles. The van der Waals surface area contributed by atoms with Gasteiger partial charge in [0.05, 0.1) is 13.2 Å². The molecule has 7 heteroatoms. The first-order valence-corrected chi connectivity index (χ1v) is 11.8. The largest absolute Gasteiger partial charge is 0.378 e. The number of unbranched alkanes of at least 4 members (excludes halogenated alkanes) is 1. The molecule has 0 radical (unpaired) electrons. The van der Waals surface area contributed by atoms with Crippen molar-refractivity contribution in [1.82, 2.24) is 15.5 Å². The van der Waals surface area contributed by atoms with E-state index in [0.717, 1.165) is 25.8 Å². The van der Waals surface area contributed by atoms with E-state index in [1.807, 2.05) is 30.3 Å². The van der Waals surface area contributed by atoms with Crippen LogP contribution in [0.15, 0.2) is 54.6 Å². The SMILES string of the molecule is O=C(NC(CCCCNC1CC1c1ccc(F)cc1)C(=O)N1CCOCC1)c1ccccc1. The predicted molar refractivity (Wildman–Crippen MR) is 124 cm³/mol. The Bertz CT molecular complexity index is 916. The number of morpholine rings is 1. The number of carbonyl (C=O) groups is 2. The topological polar surface area (TPSA) is 70.7 Å². The average molecular weight is 454 g/mol. The monoisotopic (exact) mass is 453 g/mol. The van der Waals surface area contributed by atoms with Crippen molar-refractivity contribution < 1.29 is 18.7 Å². The fourth-order valence-corrected chi connectivity index (χ4v) is 4.35. The Kier molecular flexibility index (Phi) is 8.07. The van der Waals surface area contributed by atoms with Gasteiger partial charge in [-0.2, -0.15) is 0 Å². The van der Waals surface area contributed by atoms with Gasteiger partial charge in [0, 0.05) is 30.6 Å². The molecule has 1 heterocycles. The summed E-state index contributed by atoms with van der Waals surface area (Å²) in [7, 11) is 0. The Morgan fingerprint density at radius 2 is 1.76 bits per heavy atom. The second kappa shape index (κ2) is 11.4. The zero-order valence-corrected chi connectivity index (χ0v) is 18.8. The first kappa shape index (κ1) is 23.4. The summed E-state index contributed by atoms with van der Waals surface area (Å²) in [4.78, 5) is 27.5. The summed E-state index contributed by atoms with van der Waals surface area (Å²) in [6.45, 7) is 3.04. The van der Waals surface area contributed by atoms with Crippen LogP contribution in [0.5, 0.6) is 0 Å². The molecule has 3 atom stereocenters. The van der Waals surface area contributed by atoms with E-state index in [4.69, 9.17) is 4.74 Å². The maximum absolute atomic E-state index is 13.1. The molecule has 1 aliphatic heterocycles. The van der Waals surface area contributed by atoms with Gasteiger partial charge < -0.3 is 20.3 Å². The second-order valence-corrected chi connectivity index (χ2v) is 8.78. The number of amides is 2. The Labute approximate surface area is 194 Å². The molecule has 0 bridgehead atoms. The Balaban J connectivity index is 1.24. The van der Waals surface area contributed by atoms with Gasteiger partial charge in [0.15, 0.2) is 0 Å². The van der Waals surface area contributed by atoms with E-state index >= 15 is 0 Å². The van der Waals surface area contributed by atoms with Crippen molar-refractivity contribution in [1.29, 1.82) is 0 Å². The molecule has 6 nitrogen and oxygen atoms in total. The lowest BCUT2D eigenvalue weighted by Gasteiger charge is -2.30. The lowest BCUT2D eigenvalue weighted by molar-refractivity contribution is -0.137. The summed E-state index contributed by atoms with van der Waals surface area (Å²) in [6, 6.07) is 15.6. The highest BCUT2D eigenvalue weighted by molar-refractivity contribution is 5.97. The van der Waals surface area contributed by atoms with Gasteiger partial charge in [0.1, 0.15) is 11.9 Å². The molecular formula is C26H32FN3O3. The predicted octanol–water partition coefficient (Wildman–Crippen LogP) is 3.10. The smallest absolute Gasteiger partial charge is 0.251 e. The van der Waals surface area contributed by atoms with Gasteiger partial charge in [0.2, 0.25) is 5.91 Å². The minimum atomic E-state index is -0.538. The van der Waals surface area contributed by atoms with Crippen LogP contribution in [0.25, 0.3) is 0 Å². The van der Waals surface area contributed by atoms with Crippen LogP contribution in [-0.2, 0) is 9.53 Å². The van der Waals surface area contributed by atoms with Crippen molar-refractivity contribution in [2.45, 2.75) is 43.7 Å². The van der Waals surface area contributed by atoms with Crippen LogP contribution in [0.2, 0.25) is 0 Å². The molecular weight excluding hydrogens is 421 g/mol. The molecule has 2 N–H and O–H groups in total. The Morgan fingerprint density at radius 1 is 1.03 bits per heavy atom. The second-order valence-electron chi connectivity index (χ2n) is 8.78. The van der Waals surface area contributed by atoms with E-state index in [9.17, 15) is 14.0 Å². The number of hydrogen-bond acceptors (Lipinski definition) is 4. The van der Waals surface area contributed by atoms with Gasteiger partial charge in [0.25, 0.3) is 5.91 Å². The van der Waals surface area contributed by atoms with E-state index in [0.29, 0.717) is 50.2 Å². The van der Waals surface area contributed by atoms with Crippen LogP contribution in [0, 0.1) is 5.82 Å². The standard InChI is InChI=1S/C26H32FN3O3/c27-21-11-9-19(10-12-21)22-18-24(22)28-13-5-4-8-23(26(32)30-14-16-33-17-15-30)29-25(31)20-6-2-1-3-7-20/h1-3,6-7,9-12,22-24,28H,4-5,8,13-18H2,(H,29,31). The molecule has 2 amide bonds. The van der Waals surface area contributed by atoms with E-state index in [1.54, 1.807) is 17.0 Å². The summed E-state index contributed by atoms with van der Waals surface area (Å²) >= 11 is 0. The molecule has 3 unspecified atom stereocenters. The summed E-state index contributed by atoms with van der Waals surface area (Å²) in [5, 5.41) is 6.51. The first-order chi connectivity index (χ1) is 16.1. The fraction of sp³-hybridized carbons (Fsp3) is 0.462. The maximum atomic E-state index is 13.1. The molecule has 176 valence electrons. The molecule has 1 saturated heterocycles. The van der Waals surface area contributed by atoms with E-state index in [2.05, 4.69) is 10.6 Å². The van der Waals surface area contributed by atoms with Crippen molar-refractivity contribution >= 4 is 11.8 Å². The molecule has 2 fully saturated rings. The third-order valence-corrected chi connectivity index (χ3v) is 6.38. The summed E-state index contributed by atoms with van der Waals surface area (Å²) in [5.74, 6) is -0.00888. The maximum Gasteiger partial charge on any atom is 0.251 e. The molecule has 2 aromatic carbocycles. The first-order valence-electron chi connectivity index (χ1n) is 11.8. The Morgan fingerprint density at radius 3 is 2.48 bits per heavy atom. The van der Waals surface area contributed by atoms with Crippen molar-refractivity contribution in [2.75, 3.05) is 32.8 Å². The number of nitrogens with one attached hydrogen (secondary N) is 2. The lowest BCUT2D eigenvalue weighted by atomic mass is 10.1. The van der Waals surface area contributed by atoms with E-state index < -0.39 is 6.04 Å². The minimum Gasteiger partial charge on any atom is -0.378 e. The van der Waals surface area contributed by atoms with Gasteiger partial charge in [-0.15, -0.1) is 0 Å². The van der Waals surface area contributed by atoms with Crippen molar-refractivity contribution in [3.63, 3.8) is 0 Å². The summed E-state index contributed by atoms with van der Waals surface area (Å²) in [5.41, 5.74) is 1.73. The van der Waals surface area contributed by atoms with Gasteiger partial charge in [-0.1, -0.05) is 30.3 Å². The lowest BCUT2D eigenvalue weighted by Crippen LogP contribution is -2.51. The number of ether oxygens (including phenoxy) is 1.